The Kier molecular flexibility index (Phi) is 4.72. The molecule has 0 radical (unpaired) electrons. The lowest BCUT2D eigenvalue weighted by molar-refractivity contribution is 0.290. The van der Waals surface area contributed by atoms with Crippen LogP contribution >= 0.6 is 0 Å². The van der Waals surface area contributed by atoms with Gasteiger partial charge in [-0.25, -0.2) is 9.37 Å². The van der Waals surface area contributed by atoms with Gasteiger partial charge in [-0.1, -0.05) is 37.2 Å². The average Bonchev–Trinajstić information content (AvgIpc) is 3.56. The molecule has 0 atom stereocenters. The van der Waals surface area contributed by atoms with Crippen LogP contribution in [0.1, 0.15) is 37.2 Å². The molecule has 2 aromatic carbocycles. The molecule has 0 saturated carbocycles. The second kappa shape index (κ2) is 7.91. The molecule has 3 aromatic heterocycles. The Morgan fingerprint density at radius 3 is 2.76 bits per heavy atom. The van der Waals surface area contributed by atoms with Crippen LogP contribution in [0.25, 0.3) is 28.6 Å². The van der Waals surface area contributed by atoms with Gasteiger partial charge in [0.05, 0.1) is 17.9 Å². The molecule has 0 fully saturated rings. The molecule has 5 aromatic rings. The van der Waals surface area contributed by atoms with E-state index in [1.165, 1.54) is 12.1 Å². The van der Waals surface area contributed by atoms with Crippen molar-refractivity contribution in [2.45, 2.75) is 32.9 Å². The van der Waals surface area contributed by atoms with E-state index in [9.17, 15) is 4.39 Å². The lowest BCUT2D eigenvalue weighted by Crippen LogP contribution is -2.10. The summed E-state index contributed by atoms with van der Waals surface area (Å²) < 4.78 is 29.4. The zero-order valence-corrected chi connectivity index (χ0v) is 18.5. The first-order chi connectivity index (χ1) is 16.6. The summed E-state index contributed by atoms with van der Waals surface area (Å²) in [7, 11) is 0. The van der Waals surface area contributed by atoms with Gasteiger partial charge in [-0.15, -0.1) is 10.2 Å². The number of hydrogen-bond donors (Lipinski definition) is 0. The summed E-state index contributed by atoms with van der Waals surface area (Å²) in [5.41, 5.74) is 2.74. The minimum atomic E-state index is -0.362. The Balaban J connectivity index is 1.47. The molecular weight excluding hydrogens is 437 g/mol. The van der Waals surface area contributed by atoms with Crippen molar-refractivity contribution < 1.29 is 13.7 Å². The van der Waals surface area contributed by atoms with Gasteiger partial charge in [0, 0.05) is 11.5 Å². The Morgan fingerprint density at radius 1 is 1.12 bits per heavy atom. The van der Waals surface area contributed by atoms with Gasteiger partial charge in [0.25, 0.3) is 0 Å². The van der Waals surface area contributed by atoms with E-state index >= 15 is 0 Å². The Hall–Kier alpha value is -4.34. The zero-order chi connectivity index (χ0) is 23.2. The minimum Gasteiger partial charge on any atom is -0.486 e. The van der Waals surface area contributed by atoms with Gasteiger partial charge in [0.1, 0.15) is 30.2 Å². The van der Waals surface area contributed by atoms with Gasteiger partial charge in [-0.05, 0) is 30.3 Å². The van der Waals surface area contributed by atoms with Crippen LogP contribution in [0.4, 0.5) is 4.39 Å². The van der Waals surface area contributed by atoms with Crippen molar-refractivity contribution in [1.29, 1.82) is 0 Å². The molecule has 0 saturated heterocycles. The molecule has 170 valence electrons. The maximum atomic E-state index is 14.3. The van der Waals surface area contributed by atoms with E-state index < -0.39 is 0 Å². The summed E-state index contributed by atoms with van der Waals surface area (Å²) in [5.74, 6) is 2.54. The fourth-order valence-electron chi connectivity index (χ4n) is 4.00. The third-order valence-corrected chi connectivity index (χ3v) is 5.72. The fourth-order valence-corrected chi connectivity index (χ4v) is 4.00. The first-order valence-corrected chi connectivity index (χ1v) is 10.9. The second-order valence-electron chi connectivity index (χ2n) is 8.31. The van der Waals surface area contributed by atoms with E-state index in [0.29, 0.717) is 41.2 Å². The SMILES string of the molecule is CC(C)c1nc(-c2ncn3c2Cn2c(COc4ccccc4)nnc2-c2cc(F)ccc2-3)no1. The first kappa shape index (κ1) is 20.3. The van der Waals surface area contributed by atoms with E-state index in [-0.39, 0.29) is 18.3 Å². The number of fused-ring (bicyclic) bond motifs is 5. The zero-order valence-electron chi connectivity index (χ0n) is 18.5. The number of halogens is 1. The highest BCUT2D eigenvalue weighted by Crippen LogP contribution is 2.35. The van der Waals surface area contributed by atoms with Crippen LogP contribution < -0.4 is 4.74 Å². The van der Waals surface area contributed by atoms with Crippen LogP contribution in [0.3, 0.4) is 0 Å². The molecule has 9 nitrogen and oxygen atoms in total. The fraction of sp³-hybridized carbons (Fsp3) is 0.208. The van der Waals surface area contributed by atoms with E-state index in [2.05, 4.69) is 25.3 Å². The highest BCUT2D eigenvalue weighted by molar-refractivity contribution is 5.71. The normalized spacial score (nSPS) is 12.2. The topological polar surface area (TPSA) is 96.7 Å². The predicted octanol–water partition coefficient (Wildman–Crippen LogP) is 4.38. The van der Waals surface area contributed by atoms with Crippen LogP contribution in [0.15, 0.2) is 59.4 Å². The molecule has 0 aliphatic carbocycles. The molecule has 6 rings (SSSR count). The van der Waals surface area contributed by atoms with Gasteiger partial charge in [0.15, 0.2) is 11.6 Å². The number of para-hydroxylation sites is 1. The maximum absolute atomic E-state index is 14.3. The number of ether oxygens (including phenoxy) is 1. The van der Waals surface area contributed by atoms with E-state index in [0.717, 1.165) is 17.1 Å². The monoisotopic (exact) mass is 457 g/mol. The highest BCUT2D eigenvalue weighted by Gasteiger charge is 2.28. The van der Waals surface area contributed by atoms with E-state index in [4.69, 9.17) is 9.26 Å². The van der Waals surface area contributed by atoms with E-state index in [1.54, 1.807) is 12.4 Å². The maximum Gasteiger partial charge on any atom is 0.229 e. The first-order valence-electron chi connectivity index (χ1n) is 10.9. The molecule has 0 amide bonds. The van der Waals surface area contributed by atoms with Gasteiger partial charge >= 0.3 is 0 Å². The van der Waals surface area contributed by atoms with Crippen LogP contribution in [-0.4, -0.2) is 34.5 Å². The summed E-state index contributed by atoms with van der Waals surface area (Å²) >= 11 is 0. The smallest absolute Gasteiger partial charge is 0.229 e. The van der Waals surface area contributed by atoms with E-state index in [1.807, 2.05) is 53.3 Å². The number of nitrogens with zero attached hydrogens (tertiary/aromatic N) is 7. The van der Waals surface area contributed by atoms with Gasteiger partial charge in [-0.2, -0.15) is 4.98 Å². The summed E-state index contributed by atoms with van der Waals surface area (Å²) in [6, 6.07) is 14.1. The Morgan fingerprint density at radius 2 is 1.97 bits per heavy atom. The average molecular weight is 457 g/mol. The number of aromatic nitrogens is 7. The van der Waals surface area contributed by atoms with Gasteiger partial charge in [-0.3, -0.25) is 4.57 Å². The number of hydrogen-bond acceptors (Lipinski definition) is 7. The molecule has 0 bridgehead atoms. The highest BCUT2D eigenvalue weighted by atomic mass is 19.1. The van der Waals surface area contributed by atoms with Crippen molar-refractivity contribution in [3.8, 4) is 34.3 Å². The number of rotatable bonds is 5. The third kappa shape index (κ3) is 3.35. The molecule has 34 heavy (non-hydrogen) atoms. The van der Waals surface area contributed by atoms with Crippen molar-refractivity contribution in [3.63, 3.8) is 0 Å². The lowest BCUT2D eigenvalue weighted by atomic mass is 10.1. The Bertz CT molecular complexity index is 1490. The van der Waals surface area contributed by atoms with Crippen LogP contribution in [0, 0.1) is 5.82 Å². The summed E-state index contributed by atoms with van der Waals surface area (Å²) in [6.07, 6.45) is 1.69. The number of benzene rings is 2. The Labute approximate surface area is 193 Å². The lowest BCUT2D eigenvalue weighted by Gasteiger charge is -2.10. The molecule has 0 N–H and O–H groups in total. The molecule has 0 unspecified atom stereocenters. The standard InChI is InChI=1S/C24H20FN7O2/c1-14(2)24-27-22(30-34-24)21-19-11-31-20(12-33-16-6-4-3-5-7-16)28-29-23(31)17-10-15(25)8-9-18(17)32(19)13-26-21/h3-10,13-14H,11-12H2,1-2H3. The summed E-state index contributed by atoms with van der Waals surface area (Å²) in [4.78, 5) is 9.11. The molecule has 1 aliphatic rings. The second-order valence-corrected chi connectivity index (χ2v) is 8.31. The summed E-state index contributed by atoms with van der Waals surface area (Å²) in [5, 5.41) is 12.9. The van der Waals surface area contributed by atoms with Gasteiger partial charge in [0.2, 0.25) is 11.7 Å². The molecule has 0 spiro atoms. The van der Waals surface area contributed by atoms with Crippen molar-refractivity contribution in [2.24, 2.45) is 0 Å². The molecule has 4 heterocycles. The molecule has 1 aliphatic heterocycles. The van der Waals surface area contributed by atoms with Crippen molar-refractivity contribution in [3.05, 3.63) is 78.1 Å². The minimum absolute atomic E-state index is 0.0948. The van der Waals surface area contributed by atoms with Crippen molar-refractivity contribution >= 4 is 0 Å². The molecular formula is C24H20FN7O2. The quantitative estimate of drug-likeness (QED) is 0.379. The van der Waals surface area contributed by atoms with Crippen LogP contribution in [0.5, 0.6) is 5.75 Å². The van der Waals surface area contributed by atoms with Gasteiger partial charge < -0.3 is 13.8 Å². The third-order valence-electron chi connectivity index (χ3n) is 5.72. The van der Waals surface area contributed by atoms with Crippen molar-refractivity contribution in [1.82, 2.24) is 34.5 Å². The predicted molar refractivity (Wildman–Crippen MR) is 120 cm³/mol. The van der Waals surface area contributed by atoms with Crippen molar-refractivity contribution in [2.75, 3.05) is 0 Å². The van der Waals surface area contributed by atoms with Crippen LogP contribution in [-0.2, 0) is 13.2 Å². The summed E-state index contributed by atoms with van der Waals surface area (Å²) in [6.45, 7) is 4.54. The number of imidazole rings is 1. The van der Waals surface area contributed by atoms with Crippen LogP contribution in [0.2, 0.25) is 0 Å². The largest absolute Gasteiger partial charge is 0.486 e. The molecule has 10 heteroatoms.